The standard InChI is InChI=1S/C22H26O3/c1-16-13-19(22(21(23)24)11-7-4-8-12-22)14-17(2)20(16)25-15-18-9-5-3-6-10-18/h3,5-6,9-10,13-14H,4,7-8,11-12,15H2,1-2H3,(H,23,24). The summed E-state index contributed by atoms with van der Waals surface area (Å²) in [4.78, 5) is 12.1. The van der Waals surface area contributed by atoms with Crippen molar-refractivity contribution in [3.63, 3.8) is 0 Å². The Bertz CT molecular complexity index is 720. The van der Waals surface area contributed by atoms with Crippen LogP contribution in [-0.2, 0) is 16.8 Å². The summed E-state index contributed by atoms with van der Waals surface area (Å²) in [6.07, 6.45) is 4.55. The normalized spacial score (nSPS) is 16.4. The summed E-state index contributed by atoms with van der Waals surface area (Å²) in [5, 5.41) is 9.91. The first-order valence-electron chi connectivity index (χ1n) is 9.05. The van der Waals surface area contributed by atoms with Gasteiger partial charge in [0.05, 0.1) is 5.41 Å². The molecule has 0 spiro atoms. The summed E-state index contributed by atoms with van der Waals surface area (Å²) in [5.74, 6) is 0.174. The molecule has 2 aromatic rings. The van der Waals surface area contributed by atoms with Gasteiger partial charge in [0.25, 0.3) is 0 Å². The van der Waals surface area contributed by atoms with E-state index in [9.17, 15) is 9.90 Å². The lowest BCUT2D eigenvalue weighted by molar-refractivity contribution is -0.145. The van der Waals surface area contributed by atoms with Crippen LogP contribution in [-0.4, -0.2) is 11.1 Å². The number of hydrogen-bond donors (Lipinski definition) is 1. The third kappa shape index (κ3) is 3.55. The molecule has 0 unspecified atom stereocenters. The monoisotopic (exact) mass is 338 g/mol. The second-order valence-corrected chi connectivity index (χ2v) is 7.16. The number of rotatable bonds is 5. The molecule has 0 heterocycles. The Morgan fingerprint density at radius 1 is 1.04 bits per heavy atom. The van der Waals surface area contributed by atoms with Crippen LogP contribution < -0.4 is 4.74 Å². The van der Waals surface area contributed by atoms with Gasteiger partial charge in [0.15, 0.2) is 0 Å². The molecule has 0 aromatic heterocycles. The Morgan fingerprint density at radius 2 is 1.64 bits per heavy atom. The summed E-state index contributed by atoms with van der Waals surface area (Å²) in [5.41, 5.74) is 3.35. The molecule has 0 atom stereocenters. The molecule has 0 radical (unpaired) electrons. The van der Waals surface area contributed by atoms with E-state index in [1.165, 1.54) is 0 Å². The Kier molecular flexibility index (Phi) is 5.12. The number of aryl methyl sites for hydroxylation is 2. The van der Waals surface area contributed by atoms with E-state index in [1.54, 1.807) is 0 Å². The zero-order chi connectivity index (χ0) is 17.9. The highest BCUT2D eigenvalue weighted by atomic mass is 16.5. The average molecular weight is 338 g/mol. The fourth-order valence-corrected chi connectivity index (χ4v) is 3.97. The van der Waals surface area contributed by atoms with E-state index in [0.717, 1.165) is 60.1 Å². The zero-order valence-electron chi connectivity index (χ0n) is 15.0. The summed E-state index contributed by atoms with van der Waals surface area (Å²) in [6.45, 7) is 4.54. The quantitative estimate of drug-likeness (QED) is 0.818. The third-order valence-electron chi connectivity index (χ3n) is 5.36. The molecule has 1 fully saturated rings. The fraction of sp³-hybridized carbons (Fsp3) is 0.409. The van der Waals surface area contributed by atoms with Gasteiger partial charge in [-0.25, -0.2) is 0 Å². The van der Waals surface area contributed by atoms with Gasteiger partial charge in [-0.1, -0.05) is 61.7 Å². The van der Waals surface area contributed by atoms with Gasteiger partial charge in [-0.05, 0) is 48.9 Å². The van der Waals surface area contributed by atoms with E-state index in [-0.39, 0.29) is 0 Å². The van der Waals surface area contributed by atoms with Crippen molar-refractivity contribution in [3.05, 3.63) is 64.7 Å². The minimum Gasteiger partial charge on any atom is -0.488 e. The predicted octanol–water partition coefficient (Wildman–Crippen LogP) is 5.17. The molecule has 3 rings (SSSR count). The molecular weight excluding hydrogens is 312 g/mol. The van der Waals surface area contributed by atoms with E-state index in [1.807, 2.05) is 56.3 Å². The highest BCUT2D eigenvalue weighted by Crippen LogP contribution is 2.42. The van der Waals surface area contributed by atoms with E-state index < -0.39 is 11.4 Å². The van der Waals surface area contributed by atoms with Crippen LogP contribution in [0.25, 0.3) is 0 Å². The van der Waals surface area contributed by atoms with Crippen molar-refractivity contribution >= 4 is 5.97 Å². The lowest BCUT2D eigenvalue weighted by atomic mass is 9.69. The van der Waals surface area contributed by atoms with Gasteiger partial charge in [-0.3, -0.25) is 4.79 Å². The van der Waals surface area contributed by atoms with Crippen molar-refractivity contribution in [2.45, 2.75) is 58.0 Å². The molecule has 1 N–H and O–H groups in total. The first-order valence-corrected chi connectivity index (χ1v) is 9.05. The predicted molar refractivity (Wildman–Crippen MR) is 99.1 cm³/mol. The highest BCUT2D eigenvalue weighted by Gasteiger charge is 2.41. The molecule has 0 saturated heterocycles. The molecule has 0 aliphatic heterocycles. The molecular formula is C22H26O3. The molecule has 3 heteroatoms. The van der Waals surface area contributed by atoms with Crippen molar-refractivity contribution in [2.24, 2.45) is 0 Å². The van der Waals surface area contributed by atoms with Crippen LogP contribution in [0.1, 0.15) is 54.4 Å². The van der Waals surface area contributed by atoms with Gasteiger partial charge in [-0.2, -0.15) is 0 Å². The second kappa shape index (κ2) is 7.30. The maximum absolute atomic E-state index is 12.1. The largest absolute Gasteiger partial charge is 0.488 e. The van der Waals surface area contributed by atoms with Crippen LogP contribution in [0.15, 0.2) is 42.5 Å². The average Bonchev–Trinajstić information content (AvgIpc) is 2.62. The molecule has 1 aliphatic rings. The number of benzene rings is 2. The van der Waals surface area contributed by atoms with Crippen molar-refractivity contribution in [3.8, 4) is 5.75 Å². The summed E-state index contributed by atoms with van der Waals surface area (Å²) in [7, 11) is 0. The molecule has 1 aliphatic carbocycles. The van der Waals surface area contributed by atoms with Crippen LogP contribution >= 0.6 is 0 Å². The first-order chi connectivity index (χ1) is 12.0. The lowest BCUT2D eigenvalue weighted by Gasteiger charge is -2.34. The van der Waals surface area contributed by atoms with Crippen molar-refractivity contribution in [1.29, 1.82) is 0 Å². The van der Waals surface area contributed by atoms with Gasteiger partial charge in [0.1, 0.15) is 12.4 Å². The van der Waals surface area contributed by atoms with E-state index >= 15 is 0 Å². The van der Waals surface area contributed by atoms with Crippen LogP contribution in [0.3, 0.4) is 0 Å². The van der Waals surface area contributed by atoms with Gasteiger partial charge < -0.3 is 9.84 Å². The second-order valence-electron chi connectivity index (χ2n) is 7.16. The molecule has 0 amide bonds. The Hall–Kier alpha value is -2.29. The summed E-state index contributed by atoms with van der Waals surface area (Å²) in [6, 6.07) is 14.1. The highest BCUT2D eigenvalue weighted by molar-refractivity contribution is 5.82. The third-order valence-corrected chi connectivity index (χ3v) is 5.36. The number of ether oxygens (including phenoxy) is 1. The molecule has 3 nitrogen and oxygen atoms in total. The van der Waals surface area contributed by atoms with Crippen LogP contribution in [0, 0.1) is 13.8 Å². The minimum absolute atomic E-state index is 0.520. The fourth-order valence-electron chi connectivity index (χ4n) is 3.97. The number of carboxylic acids is 1. The molecule has 0 bridgehead atoms. The van der Waals surface area contributed by atoms with Crippen molar-refractivity contribution in [1.82, 2.24) is 0 Å². The Balaban J connectivity index is 1.88. The topological polar surface area (TPSA) is 46.5 Å². The van der Waals surface area contributed by atoms with Crippen molar-refractivity contribution in [2.75, 3.05) is 0 Å². The smallest absolute Gasteiger partial charge is 0.314 e. The molecule has 25 heavy (non-hydrogen) atoms. The Labute approximate surface area is 149 Å². The molecule has 1 saturated carbocycles. The van der Waals surface area contributed by atoms with Crippen LogP contribution in [0.4, 0.5) is 0 Å². The lowest BCUT2D eigenvalue weighted by Crippen LogP contribution is -2.38. The maximum atomic E-state index is 12.1. The van der Waals surface area contributed by atoms with Gasteiger partial charge in [-0.15, -0.1) is 0 Å². The maximum Gasteiger partial charge on any atom is 0.314 e. The number of hydrogen-bond acceptors (Lipinski definition) is 2. The number of carboxylic acid groups (broad SMARTS) is 1. The molecule has 132 valence electrons. The van der Waals surface area contributed by atoms with Crippen LogP contribution in [0.5, 0.6) is 5.75 Å². The van der Waals surface area contributed by atoms with E-state index in [4.69, 9.17) is 4.74 Å². The van der Waals surface area contributed by atoms with E-state index in [2.05, 4.69) is 0 Å². The Morgan fingerprint density at radius 3 is 2.20 bits per heavy atom. The van der Waals surface area contributed by atoms with Crippen LogP contribution in [0.2, 0.25) is 0 Å². The molecule has 2 aromatic carbocycles. The van der Waals surface area contributed by atoms with E-state index in [0.29, 0.717) is 6.61 Å². The number of aliphatic carboxylic acids is 1. The van der Waals surface area contributed by atoms with Gasteiger partial charge >= 0.3 is 5.97 Å². The van der Waals surface area contributed by atoms with Gasteiger partial charge in [0.2, 0.25) is 0 Å². The summed E-state index contributed by atoms with van der Waals surface area (Å²) < 4.78 is 6.04. The zero-order valence-corrected chi connectivity index (χ0v) is 15.0. The van der Waals surface area contributed by atoms with Crippen molar-refractivity contribution < 1.29 is 14.6 Å². The summed E-state index contributed by atoms with van der Waals surface area (Å²) >= 11 is 0. The SMILES string of the molecule is Cc1cc(C2(C(=O)O)CCCCC2)cc(C)c1OCc1ccccc1. The minimum atomic E-state index is -0.730. The van der Waals surface area contributed by atoms with Gasteiger partial charge in [0, 0.05) is 0 Å². The first kappa shape index (κ1) is 17.5. The number of carbonyl (C=O) groups is 1.